The number of anilines is 1. The van der Waals surface area contributed by atoms with E-state index in [9.17, 15) is 17.6 Å². The minimum atomic E-state index is -3.27. The quantitative estimate of drug-likeness (QED) is 0.559. The number of amides is 1. The molecule has 116 valence electrons. The molecule has 8 nitrogen and oxygen atoms in total. The number of nitrogens with one attached hydrogen (secondary N) is 1. The van der Waals surface area contributed by atoms with Gasteiger partial charge in [-0.15, -0.1) is 0 Å². The Morgan fingerprint density at radius 2 is 2.00 bits per heavy atom. The average molecular weight is 317 g/mol. The van der Waals surface area contributed by atoms with E-state index < -0.39 is 21.7 Å². The number of pyridine rings is 1. The summed E-state index contributed by atoms with van der Waals surface area (Å²) in [7, 11) is -3.27. The molecule has 3 N–H and O–H groups in total. The molecule has 21 heavy (non-hydrogen) atoms. The lowest BCUT2D eigenvalue weighted by molar-refractivity contribution is 0.0693. The number of carbonyl (C=O) groups excluding carboxylic acids is 1. The predicted molar refractivity (Wildman–Crippen MR) is 74.3 cm³/mol. The first kappa shape index (κ1) is 15.6. The summed E-state index contributed by atoms with van der Waals surface area (Å²) in [5, 5.41) is 0. The number of aromatic nitrogens is 1. The predicted octanol–water partition coefficient (Wildman–Crippen LogP) is -0.776. The minimum absolute atomic E-state index is 0.147. The number of carbonyl (C=O) groups is 1. The first-order valence-corrected chi connectivity index (χ1v) is 8.05. The van der Waals surface area contributed by atoms with Crippen molar-refractivity contribution in [1.29, 1.82) is 0 Å². The summed E-state index contributed by atoms with van der Waals surface area (Å²) >= 11 is 0. The number of hydrogen-bond acceptors (Lipinski definition) is 6. The minimum Gasteiger partial charge on any atom is -0.336 e. The zero-order chi connectivity index (χ0) is 15.6. The van der Waals surface area contributed by atoms with E-state index in [0.29, 0.717) is 0 Å². The van der Waals surface area contributed by atoms with Gasteiger partial charge in [0.15, 0.2) is 11.6 Å². The monoisotopic (exact) mass is 317 g/mol. The van der Waals surface area contributed by atoms with Gasteiger partial charge in [0, 0.05) is 32.4 Å². The van der Waals surface area contributed by atoms with Crippen LogP contribution >= 0.6 is 0 Å². The molecule has 10 heteroatoms. The highest BCUT2D eigenvalue weighted by atomic mass is 32.2. The number of piperazine rings is 1. The zero-order valence-electron chi connectivity index (χ0n) is 11.4. The Labute approximate surface area is 121 Å². The highest BCUT2D eigenvalue weighted by molar-refractivity contribution is 7.88. The number of nitrogens with zero attached hydrogens (tertiary/aromatic N) is 3. The summed E-state index contributed by atoms with van der Waals surface area (Å²) in [5.74, 6) is 3.56. The number of rotatable bonds is 3. The lowest BCUT2D eigenvalue weighted by Crippen LogP contribution is -2.50. The van der Waals surface area contributed by atoms with Gasteiger partial charge in [-0.25, -0.2) is 23.6 Å². The van der Waals surface area contributed by atoms with Crippen LogP contribution in [-0.2, 0) is 10.0 Å². The second-order valence-electron chi connectivity index (χ2n) is 4.62. The molecule has 1 aromatic heterocycles. The van der Waals surface area contributed by atoms with Gasteiger partial charge in [-0.2, -0.15) is 4.31 Å². The van der Waals surface area contributed by atoms with Gasteiger partial charge in [0.05, 0.1) is 11.8 Å². The van der Waals surface area contributed by atoms with Crippen LogP contribution in [0.15, 0.2) is 12.3 Å². The maximum atomic E-state index is 14.0. The highest BCUT2D eigenvalue weighted by Gasteiger charge is 2.28. The van der Waals surface area contributed by atoms with Crippen molar-refractivity contribution >= 4 is 21.7 Å². The summed E-state index contributed by atoms with van der Waals surface area (Å²) in [6.45, 7) is 0.802. The van der Waals surface area contributed by atoms with Gasteiger partial charge < -0.3 is 10.3 Å². The second kappa shape index (κ2) is 5.92. The molecule has 0 atom stereocenters. The van der Waals surface area contributed by atoms with Crippen LogP contribution in [0, 0.1) is 5.82 Å². The van der Waals surface area contributed by atoms with Crippen LogP contribution in [-0.4, -0.2) is 60.9 Å². The zero-order valence-corrected chi connectivity index (χ0v) is 12.2. The Kier molecular flexibility index (Phi) is 4.40. The third-order valence-corrected chi connectivity index (χ3v) is 4.55. The smallest absolute Gasteiger partial charge is 0.257 e. The molecule has 1 saturated heterocycles. The van der Waals surface area contributed by atoms with Crippen LogP contribution in [0.2, 0.25) is 0 Å². The molecule has 0 unspecified atom stereocenters. The van der Waals surface area contributed by atoms with E-state index in [4.69, 9.17) is 5.84 Å². The van der Waals surface area contributed by atoms with Gasteiger partial charge in [0.1, 0.15) is 0 Å². The highest BCUT2D eigenvalue weighted by Crippen LogP contribution is 2.17. The van der Waals surface area contributed by atoms with Crippen molar-refractivity contribution < 1.29 is 17.6 Å². The molecule has 2 rings (SSSR count). The van der Waals surface area contributed by atoms with E-state index in [-0.39, 0.29) is 37.6 Å². The third kappa shape index (κ3) is 3.28. The summed E-state index contributed by atoms with van der Waals surface area (Å²) < 4.78 is 38.1. The van der Waals surface area contributed by atoms with Crippen LogP contribution in [0.5, 0.6) is 0 Å². The lowest BCUT2D eigenvalue weighted by atomic mass is 10.2. The van der Waals surface area contributed by atoms with Gasteiger partial charge >= 0.3 is 0 Å². The topological polar surface area (TPSA) is 109 Å². The van der Waals surface area contributed by atoms with Crippen LogP contribution in [0.3, 0.4) is 0 Å². The molecule has 1 aromatic rings. The normalized spacial score (nSPS) is 16.8. The van der Waals surface area contributed by atoms with Crippen molar-refractivity contribution in [1.82, 2.24) is 14.2 Å². The van der Waals surface area contributed by atoms with E-state index in [0.717, 1.165) is 6.26 Å². The molecule has 0 aliphatic carbocycles. The molecule has 1 fully saturated rings. The van der Waals surface area contributed by atoms with Crippen LogP contribution < -0.4 is 11.3 Å². The van der Waals surface area contributed by atoms with Crippen LogP contribution in [0.4, 0.5) is 10.2 Å². The number of halogens is 1. The molecular weight excluding hydrogens is 301 g/mol. The standard InChI is InChI=1S/C11H16FN5O3S/c1-21(19,20)17-6-4-16(5-7-17)11(18)8-2-3-14-10(15-13)9(8)12/h2-3H,4-7,13H2,1H3,(H,14,15). The number of hydrogen-bond donors (Lipinski definition) is 2. The Hall–Kier alpha value is -1.78. The fraction of sp³-hybridized carbons (Fsp3) is 0.455. The molecular formula is C11H16FN5O3S. The summed E-state index contributed by atoms with van der Waals surface area (Å²) in [5.41, 5.74) is 1.93. The first-order chi connectivity index (χ1) is 9.84. The Morgan fingerprint density at radius 1 is 1.38 bits per heavy atom. The molecule has 2 heterocycles. The molecule has 0 saturated carbocycles. The maximum Gasteiger partial charge on any atom is 0.257 e. The van der Waals surface area contributed by atoms with Crippen LogP contribution in [0.25, 0.3) is 0 Å². The SMILES string of the molecule is CS(=O)(=O)N1CCN(C(=O)c2ccnc(NN)c2F)CC1. The van der Waals surface area contributed by atoms with Gasteiger partial charge in [-0.05, 0) is 6.07 Å². The van der Waals surface area contributed by atoms with E-state index >= 15 is 0 Å². The Bertz CT molecular complexity index is 643. The maximum absolute atomic E-state index is 14.0. The molecule has 1 aliphatic rings. The van der Waals surface area contributed by atoms with Crippen molar-refractivity contribution in [3.05, 3.63) is 23.6 Å². The molecule has 0 spiro atoms. The van der Waals surface area contributed by atoms with Gasteiger partial charge in [-0.1, -0.05) is 0 Å². The van der Waals surface area contributed by atoms with Gasteiger partial charge in [0.25, 0.3) is 5.91 Å². The van der Waals surface area contributed by atoms with Crippen molar-refractivity contribution in [2.24, 2.45) is 5.84 Å². The van der Waals surface area contributed by atoms with Crippen molar-refractivity contribution in [3.63, 3.8) is 0 Å². The Morgan fingerprint density at radius 3 is 2.52 bits per heavy atom. The van der Waals surface area contributed by atoms with E-state index in [1.54, 1.807) is 0 Å². The summed E-state index contributed by atoms with van der Waals surface area (Å²) in [4.78, 5) is 17.3. The molecule has 1 aliphatic heterocycles. The fourth-order valence-electron chi connectivity index (χ4n) is 2.10. The molecule has 0 bridgehead atoms. The molecule has 0 radical (unpaired) electrons. The van der Waals surface area contributed by atoms with Crippen molar-refractivity contribution in [2.75, 3.05) is 37.9 Å². The van der Waals surface area contributed by atoms with Gasteiger partial charge in [0.2, 0.25) is 10.0 Å². The summed E-state index contributed by atoms with van der Waals surface area (Å²) in [6.07, 6.45) is 2.39. The third-order valence-electron chi connectivity index (χ3n) is 3.25. The lowest BCUT2D eigenvalue weighted by Gasteiger charge is -2.33. The van der Waals surface area contributed by atoms with Crippen molar-refractivity contribution in [3.8, 4) is 0 Å². The van der Waals surface area contributed by atoms with E-state index in [1.165, 1.54) is 21.5 Å². The van der Waals surface area contributed by atoms with Gasteiger partial charge in [-0.3, -0.25) is 4.79 Å². The van der Waals surface area contributed by atoms with E-state index in [2.05, 4.69) is 10.4 Å². The first-order valence-electron chi connectivity index (χ1n) is 6.20. The number of nitrogen functional groups attached to an aromatic ring is 1. The molecule has 0 aromatic carbocycles. The largest absolute Gasteiger partial charge is 0.336 e. The van der Waals surface area contributed by atoms with E-state index in [1.807, 2.05) is 0 Å². The second-order valence-corrected chi connectivity index (χ2v) is 6.60. The number of nitrogens with two attached hydrogens (primary N) is 1. The Balaban J connectivity index is 2.13. The average Bonchev–Trinajstić information content (AvgIpc) is 2.46. The van der Waals surface area contributed by atoms with Crippen LogP contribution in [0.1, 0.15) is 10.4 Å². The fourth-order valence-corrected chi connectivity index (χ4v) is 2.93. The summed E-state index contributed by atoms with van der Waals surface area (Å²) in [6, 6.07) is 1.27. The van der Waals surface area contributed by atoms with Crippen molar-refractivity contribution in [2.45, 2.75) is 0 Å². The molecule has 1 amide bonds. The number of hydrazine groups is 1. The number of sulfonamides is 1.